The van der Waals surface area contributed by atoms with E-state index in [-0.39, 0.29) is 18.2 Å². The molecule has 1 unspecified atom stereocenters. The zero-order valence-corrected chi connectivity index (χ0v) is 22.6. The second kappa shape index (κ2) is 10.6. The summed E-state index contributed by atoms with van der Waals surface area (Å²) in [6.07, 6.45) is 0.567. The lowest BCUT2D eigenvalue weighted by Gasteiger charge is -2.18. The number of hydrogen-bond acceptors (Lipinski definition) is 6. The average Bonchev–Trinajstić information content (AvgIpc) is 3.54. The highest BCUT2D eigenvalue weighted by Gasteiger charge is 2.32. The number of carboxylic acid groups (broad SMARTS) is 1. The molecular weight excluding hydrogens is 523 g/mol. The molecule has 6 rings (SSSR count). The Hall–Kier alpha value is -4.90. The van der Waals surface area contributed by atoms with Crippen LogP contribution in [0.1, 0.15) is 58.5 Å². The number of hydrogen-bond donors (Lipinski definition) is 1. The third-order valence-electron chi connectivity index (χ3n) is 7.54. The van der Waals surface area contributed by atoms with E-state index in [2.05, 4.69) is 11.1 Å². The van der Waals surface area contributed by atoms with Crippen LogP contribution >= 0.6 is 0 Å². The lowest BCUT2D eigenvalue weighted by Crippen LogP contribution is -2.07. The van der Waals surface area contributed by atoms with E-state index in [0.29, 0.717) is 59.1 Å². The Labute approximate surface area is 236 Å². The van der Waals surface area contributed by atoms with Crippen molar-refractivity contribution in [3.8, 4) is 40.2 Å². The van der Waals surface area contributed by atoms with Crippen molar-refractivity contribution in [2.45, 2.75) is 45.1 Å². The average molecular weight is 551 g/mol. The third-order valence-corrected chi connectivity index (χ3v) is 7.54. The number of rotatable bonds is 7. The minimum Gasteiger partial charge on any atom is -0.492 e. The SMILES string of the molecule is Cc1cc(-c2ccc(Oc3ccc(F)c4c3CC[C@H]4Oc3ccc4c(c3)OCC4CC(=O)O)c(C#N)c2)cc(C)n1. The Morgan fingerprint density at radius 1 is 1.07 bits per heavy atom. The summed E-state index contributed by atoms with van der Waals surface area (Å²) in [5.74, 6) is 0.532. The molecule has 4 aromatic rings. The van der Waals surface area contributed by atoms with Gasteiger partial charge in [-0.25, -0.2) is 4.39 Å². The Balaban J connectivity index is 1.24. The lowest BCUT2D eigenvalue weighted by molar-refractivity contribution is -0.137. The van der Waals surface area contributed by atoms with E-state index in [9.17, 15) is 10.1 Å². The summed E-state index contributed by atoms with van der Waals surface area (Å²) in [4.78, 5) is 15.6. The first-order valence-electron chi connectivity index (χ1n) is 13.4. The molecule has 0 radical (unpaired) electrons. The zero-order chi connectivity index (χ0) is 28.7. The molecule has 0 saturated carbocycles. The van der Waals surface area contributed by atoms with Crippen LogP contribution in [0.15, 0.2) is 60.7 Å². The molecule has 2 heterocycles. The highest BCUT2D eigenvalue weighted by molar-refractivity contribution is 5.69. The largest absolute Gasteiger partial charge is 0.492 e. The van der Waals surface area contributed by atoms with Gasteiger partial charge in [-0.2, -0.15) is 5.26 Å². The normalized spacial score (nSPS) is 16.8. The predicted octanol–water partition coefficient (Wildman–Crippen LogP) is 7.19. The molecule has 8 heteroatoms. The number of carboxylic acids is 1. The van der Waals surface area contributed by atoms with Gasteiger partial charge in [0.2, 0.25) is 0 Å². The van der Waals surface area contributed by atoms with Crippen molar-refractivity contribution in [2.24, 2.45) is 0 Å². The van der Waals surface area contributed by atoms with Gasteiger partial charge in [0, 0.05) is 40.1 Å². The number of aromatic nitrogens is 1. The van der Waals surface area contributed by atoms with E-state index in [0.717, 1.165) is 28.1 Å². The zero-order valence-electron chi connectivity index (χ0n) is 22.6. The van der Waals surface area contributed by atoms with E-state index in [4.69, 9.17) is 19.3 Å². The molecule has 0 fully saturated rings. The van der Waals surface area contributed by atoms with Crippen LogP contribution in [0.5, 0.6) is 23.0 Å². The van der Waals surface area contributed by atoms with Gasteiger partial charge in [-0.3, -0.25) is 9.78 Å². The van der Waals surface area contributed by atoms with Crippen LogP contribution in [-0.2, 0) is 11.2 Å². The molecule has 206 valence electrons. The molecule has 0 bridgehead atoms. The molecule has 1 aliphatic carbocycles. The second-order valence-electron chi connectivity index (χ2n) is 10.5. The molecular formula is C33H27FN2O5. The Bertz CT molecular complexity index is 1710. The summed E-state index contributed by atoms with van der Waals surface area (Å²) >= 11 is 0. The Morgan fingerprint density at radius 3 is 2.61 bits per heavy atom. The molecule has 0 amide bonds. The first-order valence-corrected chi connectivity index (χ1v) is 13.4. The molecule has 3 aromatic carbocycles. The maximum atomic E-state index is 15.1. The standard InChI is InChI=1S/C33H27FN2O5/c1-18-11-21(12-19(2)36-18)20-3-8-28(22(13-20)16-35)41-29-10-7-27(34)33-26(29)6-9-30(33)40-24-4-5-25-23(14-32(37)38)17-39-31(25)15-24/h3-5,7-8,10-13,15,23,30H,6,9,14,17H2,1-2H3,(H,37,38)/t23?,30-/m1/s1. The summed E-state index contributed by atoms with van der Waals surface area (Å²) in [6, 6.07) is 19.9. The summed E-state index contributed by atoms with van der Waals surface area (Å²) < 4.78 is 33.3. The topological polar surface area (TPSA) is 102 Å². The van der Waals surface area contributed by atoms with Crippen molar-refractivity contribution in [1.29, 1.82) is 5.26 Å². The number of nitriles is 1. The number of benzene rings is 3. The molecule has 41 heavy (non-hydrogen) atoms. The van der Waals surface area contributed by atoms with Crippen molar-refractivity contribution in [3.05, 3.63) is 100 Å². The van der Waals surface area contributed by atoms with Crippen LogP contribution in [0.4, 0.5) is 4.39 Å². The number of nitrogens with zero attached hydrogens (tertiary/aromatic N) is 2. The number of aryl methyl sites for hydroxylation is 2. The molecule has 0 saturated heterocycles. The van der Waals surface area contributed by atoms with Crippen LogP contribution in [0.3, 0.4) is 0 Å². The molecule has 2 aliphatic rings. The highest BCUT2D eigenvalue weighted by atomic mass is 19.1. The summed E-state index contributed by atoms with van der Waals surface area (Å²) in [6.45, 7) is 4.17. The number of ether oxygens (including phenoxy) is 3. The maximum absolute atomic E-state index is 15.1. The van der Waals surface area contributed by atoms with Crippen molar-refractivity contribution < 1.29 is 28.5 Å². The molecule has 0 spiro atoms. The van der Waals surface area contributed by atoms with Crippen LogP contribution in [0.2, 0.25) is 0 Å². The third kappa shape index (κ3) is 5.19. The number of aliphatic carboxylic acids is 1. The number of halogens is 1. The van der Waals surface area contributed by atoms with Crippen LogP contribution < -0.4 is 14.2 Å². The first kappa shape index (κ1) is 26.3. The van der Waals surface area contributed by atoms with E-state index in [1.807, 2.05) is 38.1 Å². The van der Waals surface area contributed by atoms with E-state index >= 15 is 4.39 Å². The molecule has 1 aromatic heterocycles. The fraction of sp³-hybridized carbons (Fsp3) is 0.242. The van der Waals surface area contributed by atoms with Gasteiger partial charge >= 0.3 is 5.97 Å². The van der Waals surface area contributed by atoms with Gasteiger partial charge in [-0.05, 0) is 80.3 Å². The fourth-order valence-electron chi connectivity index (χ4n) is 5.74. The Morgan fingerprint density at radius 2 is 1.85 bits per heavy atom. The Kier molecular flexibility index (Phi) is 6.80. The number of carbonyl (C=O) groups is 1. The minimum absolute atomic E-state index is 0.00346. The van der Waals surface area contributed by atoms with Gasteiger partial charge in [-0.15, -0.1) is 0 Å². The molecule has 7 nitrogen and oxygen atoms in total. The molecule has 1 aliphatic heterocycles. The minimum atomic E-state index is -0.875. The smallest absolute Gasteiger partial charge is 0.304 e. The van der Waals surface area contributed by atoms with E-state index < -0.39 is 12.1 Å². The molecule has 2 atom stereocenters. The van der Waals surface area contributed by atoms with Gasteiger partial charge in [0.05, 0.1) is 18.6 Å². The highest BCUT2D eigenvalue weighted by Crippen LogP contribution is 2.45. The van der Waals surface area contributed by atoms with Crippen molar-refractivity contribution in [2.75, 3.05) is 6.61 Å². The van der Waals surface area contributed by atoms with Gasteiger partial charge in [-0.1, -0.05) is 12.1 Å². The second-order valence-corrected chi connectivity index (χ2v) is 10.5. The van der Waals surface area contributed by atoms with Gasteiger partial charge in [0.15, 0.2) is 0 Å². The van der Waals surface area contributed by atoms with Gasteiger partial charge in [0.1, 0.15) is 41.0 Å². The molecule has 1 N–H and O–H groups in total. The van der Waals surface area contributed by atoms with Crippen molar-refractivity contribution in [1.82, 2.24) is 4.98 Å². The van der Waals surface area contributed by atoms with Crippen LogP contribution in [-0.4, -0.2) is 22.7 Å². The summed E-state index contributed by atoms with van der Waals surface area (Å²) in [5.41, 5.74) is 6.00. The quantitative estimate of drug-likeness (QED) is 0.260. The monoisotopic (exact) mass is 550 g/mol. The van der Waals surface area contributed by atoms with E-state index in [1.54, 1.807) is 30.3 Å². The van der Waals surface area contributed by atoms with Crippen molar-refractivity contribution in [3.63, 3.8) is 0 Å². The van der Waals surface area contributed by atoms with Crippen LogP contribution in [0, 0.1) is 31.0 Å². The summed E-state index contributed by atoms with van der Waals surface area (Å²) in [5, 5.41) is 19.0. The van der Waals surface area contributed by atoms with E-state index in [1.165, 1.54) is 6.07 Å². The number of pyridine rings is 1. The fourth-order valence-corrected chi connectivity index (χ4v) is 5.74. The van der Waals surface area contributed by atoms with Gasteiger partial charge < -0.3 is 19.3 Å². The predicted molar refractivity (Wildman–Crippen MR) is 149 cm³/mol. The van der Waals surface area contributed by atoms with Gasteiger partial charge in [0.25, 0.3) is 0 Å². The number of fused-ring (bicyclic) bond motifs is 2. The summed E-state index contributed by atoms with van der Waals surface area (Å²) in [7, 11) is 0. The first-order chi connectivity index (χ1) is 19.8. The lowest BCUT2D eigenvalue weighted by atomic mass is 9.98. The van der Waals surface area contributed by atoms with Crippen molar-refractivity contribution >= 4 is 5.97 Å². The van der Waals surface area contributed by atoms with Crippen LogP contribution in [0.25, 0.3) is 11.1 Å². The maximum Gasteiger partial charge on any atom is 0.304 e.